The molecule has 4 heteroatoms. The average molecular weight is 238 g/mol. The van der Waals surface area contributed by atoms with E-state index in [1.165, 1.54) is 0 Å². The molecule has 0 bridgehead atoms. The van der Waals surface area contributed by atoms with Crippen molar-refractivity contribution >= 4 is 11.8 Å². The highest BCUT2D eigenvalue weighted by molar-refractivity contribution is 5.90. The van der Waals surface area contributed by atoms with Crippen LogP contribution in [-0.4, -0.2) is 34.8 Å². The summed E-state index contributed by atoms with van der Waals surface area (Å²) in [4.78, 5) is 26.0. The monoisotopic (exact) mass is 238 g/mol. The lowest BCUT2D eigenvalue weighted by molar-refractivity contribution is -0.136. The van der Waals surface area contributed by atoms with Gasteiger partial charge in [-0.3, -0.25) is 9.59 Å². The molecule has 2 aliphatic rings. The van der Waals surface area contributed by atoms with E-state index < -0.39 is 0 Å². The van der Waals surface area contributed by atoms with Gasteiger partial charge in [-0.05, 0) is 32.1 Å². The zero-order valence-corrected chi connectivity index (χ0v) is 11.0. The first-order chi connectivity index (χ1) is 7.92. The Hall–Kier alpha value is -1.06. The van der Waals surface area contributed by atoms with Crippen molar-refractivity contribution in [3.63, 3.8) is 0 Å². The Morgan fingerprint density at radius 1 is 1.41 bits per heavy atom. The zero-order valence-electron chi connectivity index (χ0n) is 11.0. The Balaban J connectivity index is 2.14. The number of hydrogen-bond acceptors (Lipinski definition) is 2. The summed E-state index contributed by atoms with van der Waals surface area (Å²) in [6.45, 7) is 6.85. The molecule has 1 saturated carbocycles. The van der Waals surface area contributed by atoms with Crippen LogP contribution in [-0.2, 0) is 9.59 Å². The number of rotatable bonds is 3. The topological polar surface area (TPSA) is 49.4 Å². The van der Waals surface area contributed by atoms with Gasteiger partial charge in [-0.2, -0.15) is 0 Å². The van der Waals surface area contributed by atoms with Crippen molar-refractivity contribution < 1.29 is 9.59 Å². The van der Waals surface area contributed by atoms with Gasteiger partial charge in [0.15, 0.2) is 0 Å². The largest absolute Gasteiger partial charge is 0.344 e. The molecule has 17 heavy (non-hydrogen) atoms. The third kappa shape index (κ3) is 2.61. The Bertz CT molecular complexity index is 334. The van der Waals surface area contributed by atoms with Gasteiger partial charge in [-0.25, -0.2) is 0 Å². The lowest BCUT2D eigenvalue weighted by atomic mass is 10.0. The zero-order chi connectivity index (χ0) is 12.6. The summed E-state index contributed by atoms with van der Waals surface area (Å²) in [5.41, 5.74) is 0.0264. The molecular formula is C13H22N2O2. The minimum atomic E-state index is -0.317. The van der Waals surface area contributed by atoms with E-state index in [2.05, 4.69) is 26.1 Å². The highest BCUT2D eigenvalue weighted by Gasteiger charge is 2.48. The van der Waals surface area contributed by atoms with Crippen molar-refractivity contribution in [2.45, 2.75) is 58.0 Å². The van der Waals surface area contributed by atoms with Gasteiger partial charge in [0.2, 0.25) is 11.8 Å². The second kappa shape index (κ2) is 4.31. The summed E-state index contributed by atoms with van der Waals surface area (Å²) in [6, 6.07) is -0.317. The van der Waals surface area contributed by atoms with E-state index in [0.717, 1.165) is 19.3 Å². The third-order valence-electron chi connectivity index (χ3n) is 3.79. The standard InChI is InChI=1S/C13H22N2O2/c1-9(2)8-10-12(17)15(13(3)5-6-13)7-4-11(16)14-10/h9-10H,4-8H2,1-3H3,(H,14,16). The number of carbonyl (C=O) groups excluding carboxylic acids is 2. The summed E-state index contributed by atoms with van der Waals surface area (Å²) in [6.07, 6.45) is 3.32. The molecule has 0 aromatic carbocycles. The van der Waals surface area contributed by atoms with E-state index in [0.29, 0.717) is 18.9 Å². The van der Waals surface area contributed by atoms with Crippen molar-refractivity contribution in [1.29, 1.82) is 0 Å². The van der Waals surface area contributed by atoms with E-state index in [9.17, 15) is 9.59 Å². The molecule has 1 N–H and O–H groups in total. The molecule has 1 aliphatic carbocycles. The molecule has 2 rings (SSSR count). The molecule has 1 saturated heterocycles. The van der Waals surface area contributed by atoms with E-state index in [4.69, 9.17) is 0 Å². The van der Waals surface area contributed by atoms with Crippen LogP contribution in [0.3, 0.4) is 0 Å². The van der Waals surface area contributed by atoms with Crippen LogP contribution in [0.1, 0.15) is 46.5 Å². The fraction of sp³-hybridized carbons (Fsp3) is 0.846. The summed E-state index contributed by atoms with van der Waals surface area (Å²) in [7, 11) is 0. The number of nitrogens with one attached hydrogen (secondary N) is 1. The van der Waals surface area contributed by atoms with Crippen LogP contribution in [0.4, 0.5) is 0 Å². The molecule has 1 atom stereocenters. The first-order valence-electron chi connectivity index (χ1n) is 6.53. The number of nitrogens with zero attached hydrogens (tertiary/aromatic N) is 1. The fourth-order valence-corrected chi connectivity index (χ4v) is 2.46. The van der Waals surface area contributed by atoms with Crippen LogP contribution >= 0.6 is 0 Å². The Labute approximate surface area is 103 Å². The van der Waals surface area contributed by atoms with Crippen LogP contribution in [0.25, 0.3) is 0 Å². The SMILES string of the molecule is CC(C)CC1NC(=O)CCN(C2(C)CC2)C1=O. The van der Waals surface area contributed by atoms with Crippen LogP contribution in [0, 0.1) is 5.92 Å². The molecule has 0 spiro atoms. The molecule has 4 nitrogen and oxygen atoms in total. The van der Waals surface area contributed by atoms with Gasteiger partial charge in [0.1, 0.15) is 6.04 Å². The minimum absolute atomic E-state index is 0.00995. The number of hydrogen-bond donors (Lipinski definition) is 1. The minimum Gasteiger partial charge on any atom is -0.344 e. The molecule has 2 fully saturated rings. The number of carbonyl (C=O) groups is 2. The lowest BCUT2D eigenvalue weighted by Gasteiger charge is -2.30. The van der Waals surface area contributed by atoms with E-state index in [1.54, 1.807) is 0 Å². The Morgan fingerprint density at radius 2 is 2.06 bits per heavy atom. The first kappa shape index (κ1) is 12.4. The molecule has 1 aliphatic heterocycles. The third-order valence-corrected chi connectivity index (χ3v) is 3.79. The second-order valence-electron chi connectivity index (χ2n) is 5.99. The molecule has 0 radical (unpaired) electrons. The maximum Gasteiger partial charge on any atom is 0.245 e. The van der Waals surface area contributed by atoms with Gasteiger partial charge in [0.25, 0.3) is 0 Å². The molecule has 1 unspecified atom stereocenters. The van der Waals surface area contributed by atoms with Gasteiger partial charge in [0, 0.05) is 18.5 Å². The van der Waals surface area contributed by atoms with Gasteiger partial charge >= 0.3 is 0 Å². The van der Waals surface area contributed by atoms with Crippen molar-refractivity contribution in [2.75, 3.05) is 6.54 Å². The summed E-state index contributed by atoms with van der Waals surface area (Å²) in [5.74, 6) is 0.538. The maximum atomic E-state index is 12.4. The average Bonchev–Trinajstić information content (AvgIpc) is 2.95. The Morgan fingerprint density at radius 3 is 2.59 bits per heavy atom. The van der Waals surface area contributed by atoms with Gasteiger partial charge in [-0.15, -0.1) is 0 Å². The highest BCUT2D eigenvalue weighted by atomic mass is 16.2. The lowest BCUT2D eigenvalue weighted by Crippen LogP contribution is -2.49. The van der Waals surface area contributed by atoms with E-state index in [1.807, 2.05) is 4.90 Å². The molecular weight excluding hydrogens is 216 g/mol. The van der Waals surface area contributed by atoms with Gasteiger partial charge in [-0.1, -0.05) is 13.8 Å². The predicted octanol–water partition coefficient (Wildman–Crippen LogP) is 1.30. The van der Waals surface area contributed by atoms with Crippen molar-refractivity contribution in [3.05, 3.63) is 0 Å². The first-order valence-corrected chi connectivity index (χ1v) is 6.53. The smallest absolute Gasteiger partial charge is 0.245 e. The quantitative estimate of drug-likeness (QED) is 0.805. The summed E-state index contributed by atoms with van der Waals surface area (Å²) < 4.78 is 0. The molecule has 2 amide bonds. The molecule has 96 valence electrons. The number of amides is 2. The molecule has 0 aromatic rings. The van der Waals surface area contributed by atoms with Crippen molar-refractivity contribution in [1.82, 2.24) is 10.2 Å². The Kier molecular flexibility index (Phi) is 3.15. The van der Waals surface area contributed by atoms with Crippen LogP contribution in [0.2, 0.25) is 0 Å². The van der Waals surface area contributed by atoms with E-state index in [-0.39, 0.29) is 23.4 Å². The molecule has 1 heterocycles. The van der Waals surface area contributed by atoms with Crippen LogP contribution in [0.15, 0.2) is 0 Å². The second-order valence-corrected chi connectivity index (χ2v) is 5.99. The molecule has 0 aromatic heterocycles. The fourth-order valence-electron chi connectivity index (χ4n) is 2.46. The van der Waals surface area contributed by atoms with Crippen LogP contribution < -0.4 is 5.32 Å². The summed E-state index contributed by atoms with van der Waals surface area (Å²) in [5, 5.41) is 2.86. The highest BCUT2D eigenvalue weighted by Crippen LogP contribution is 2.42. The predicted molar refractivity (Wildman–Crippen MR) is 65.4 cm³/mol. The van der Waals surface area contributed by atoms with Crippen molar-refractivity contribution in [3.8, 4) is 0 Å². The van der Waals surface area contributed by atoms with Crippen molar-refractivity contribution in [2.24, 2.45) is 5.92 Å². The van der Waals surface area contributed by atoms with Gasteiger partial charge in [0.05, 0.1) is 0 Å². The van der Waals surface area contributed by atoms with Gasteiger partial charge < -0.3 is 10.2 Å². The summed E-state index contributed by atoms with van der Waals surface area (Å²) >= 11 is 0. The maximum absolute atomic E-state index is 12.4. The van der Waals surface area contributed by atoms with Crippen LogP contribution in [0.5, 0.6) is 0 Å². The van der Waals surface area contributed by atoms with E-state index >= 15 is 0 Å². The normalized spacial score (nSPS) is 28.0.